The average Bonchev–Trinajstić information content (AvgIpc) is 3.45. The Hall–Kier alpha value is -2.99. The first-order chi connectivity index (χ1) is 16.3. The van der Waals surface area contributed by atoms with Crippen LogP contribution in [-0.2, 0) is 17.1 Å². The molecule has 1 aromatic heterocycles. The molecule has 0 amide bonds. The van der Waals surface area contributed by atoms with Crippen LogP contribution in [0.25, 0.3) is 22.2 Å². The van der Waals surface area contributed by atoms with Crippen molar-refractivity contribution >= 4 is 44.7 Å². The van der Waals surface area contributed by atoms with Crippen LogP contribution in [0.2, 0.25) is 0 Å². The van der Waals surface area contributed by atoms with E-state index in [0.717, 1.165) is 0 Å². The zero-order valence-corrected chi connectivity index (χ0v) is 19.8. The first-order valence-electron chi connectivity index (χ1n) is 10.1. The second-order valence-electron chi connectivity index (χ2n) is 7.51. The van der Waals surface area contributed by atoms with E-state index in [1.54, 1.807) is 31.3 Å². The number of hydrogen-bond acceptors (Lipinski definition) is 12. The highest BCUT2D eigenvalue weighted by atomic mass is 32.2. The Labute approximate surface area is 199 Å². The third-order valence-corrected chi connectivity index (χ3v) is 7.28. The summed E-state index contributed by atoms with van der Waals surface area (Å²) in [5.41, 5.74) is 10.4. The molecule has 182 valence electrons. The molecule has 0 saturated carbocycles. The minimum Gasteiger partial charge on any atom is -0.382 e. The number of nitrogens with zero attached hydrogens (tertiary/aromatic N) is 5. The minimum atomic E-state index is -4.09. The van der Waals surface area contributed by atoms with Crippen molar-refractivity contribution < 1.29 is 13.6 Å². The van der Waals surface area contributed by atoms with E-state index in [9.17, 15) is 13.6 Å². The number of nitrogens with two attached hydrogens (primary N) is 3. The third kappa shape index (κ3) is 4.51. The summed E-state index contributed by atoms with van der Waals surface area (Å²) in [6.07, 6.45) is 0.628. The molecule has 14 nitrogen and oxygen atoms in total. The van der Waals surface area contributed by atoms with E-state index in [-0.39, 0.29) is 28.0 Å². The molecule has 2 heterocycles. The summed E-state index contributed by atoms with van der Waals surface area (Å²) in [4.78, 5) is 1.18. The van der Waals surface area contributed by atoms with Gasteiger partial charge in [0, 0.05) is 25.2 Å². The maximum Gasteiger partial charge on any atom is 0.243 e. The van der Waals surface area contributed by atoms with E-state index in [0.29, 0.717) is 58.3 Å². The molecular formula is C18H25N11O3S2. The van der Waals surface area contributed by atoms with Crippen molar-refractivity contribution in [3.05, 3.63) is 35.9 Å². The number of benzene rings is 2. The molecule has 0 aliphatic carbocycles. The van der Waals surface area contributed by atoms with E-state index in [1.807, 2.05) is 0 Å². The monoisotopic (exact) mass is 507 g/mol. The van der Waals surface area contributed by atoms with Crippen LogP contribution in [0.3, 0.4) is 0 Å². The van der Waals surface area contributed by atoms with Crippen molar-refractivity contribution in [1.29, 1.82) is 0 Å². The Bertz CT molecular complexity index is 1340. The molecule has 4 rings (SSSR count). The van der Waals surface area contributed by atoms with Gasteiger partial charge in [0.1, 0.15) is 21.6 Å². The van der Waals surface area contributed by atoms with Gasteiger partial charge in [0.25, 0.3) is 0 Å². The van der Waals surface area contributed by atoms with Gasteiger partial charge in [0.05, 0.1) is 17.7 Å². The summed E-state index contributed by atoms with van der Waals surface area (Å²) in [6, 6.07) is 7.98. The SMILES string of the molecule is Cn1nc2cccc(-c3ccc(S(=O)(=O)NC4CCNC4)c(N(O)SN)c3/C(N)=N/NN)c2n1. The number of hydrogen-bond donors (Lipinski definition) is 7. The molecule has 1 fully saturated rings. The van der Waals surface area contributed by atoms with Gasteiger partial charge in [-0.1, -0.05) is 18.2 Å². The fraction of sp³-hybridized carbons (Fsp3) is 0.278. The van der Waals surface area contributed by atoms with E-state index in [4.69, 9.17) is 16.7 Å². The Balaban J connectivity index is 2.01. The lowest BCUT2D eigenvalue weighted by molar-refractivity contribution is 0.329. The second kappa shape index (κ2) is 9.71. The van der Waals surface area contributed by atoms with Gasteiger partial charge in [0.15, 0.2) is 5.84 Å². The molecule has 10 N–H and O–H groups in total. The number of rotatable bonds is 8. The van der Waals surface area contributed by atoms with Crippen LogP contribution < -0.4 is 36.8 Å². The maximum absolute atomic E-state index is 13.4. The number of fused-ring (bicyclic) bond motifs is 1. The van der Waals surface area contributed by atoms with Crippen LogP contribution in [0, 0.1) is 0 Å². The molecule has 0 radical (unpaired) electrons. The molecule has 0 spiro atoms. The lowest BCUT2D eigenvalue weighted by atomic mass is 9.96. The van der Waals surface area contributed by atoms with Gasteiger partial charge in [0.2, 0.25) is 10.0 Å². The van der Waals surface area contributed by atoms with Crippen molar-refractivity contribution in [2.24, 2.45) is 28.9 Å². The van der Waals surface area contributed by atoms with Gasteiger partial charge < -0.3 is 11.1 Å². The zero-order valence-electron chi connectivity index (χ0n) is 18.1. The van der Waals surface area contributed by atoms with E-state index in [1.165, 1.54) is 10.9 Å². The number of nitrogens with one attached hydrogen (secondary N) is 3. The summed E-state index contributed by atoms with van der Waals surface area (Å²) in [7, 11) is -2.41. The predicted octanol–water partition coefficient (Wildman–Crippen LogP) is -0.923. The number of amidine groups is 1. The fourth-order valence-electron chi connectivity index (χ4n) is 3.94. The van der Waals surface area contributed by atoms with Crippen LogP contribution in [0.4, 0.5) is 5.69 Å². The summed E-state index contributed by atoms with van der Waals surface area (Å²) in [5.74, 6) is 5.17. The van der Waals surface area contributed by atoms with Gasteiger partial charge >= 0.3 is 0 Å². The number of sulfonamides is 1. The molecule has 1 saturated heterocycles. The van der Waals surface area contributed by atoms with Crippen LogP contribution in [-0.4, -0.2) is 53.6 Å². The highest BCUT2D eigenvalue weighted by Crippen LogP contribution is 2.39. The Morgan fingerprint density at radius 1 is 1.32 bits per heavy atom. The highest BCUT2D eigenvalue weighted by molar-refractivity contribution is 7.98. The molecule has 16 heteroatoms. The topological polar surface area (TPSA) is 215 Å². The largest absolute Gasteiger partial charge is 0.382 e. The van der Waals surface area contributed by atoms with Crippen molar-refractivity contribution in [3.8, 4) is 11.1 Å². The van der Waals surface area contributed by atoms with Crippen LogP contribution >= 0.6 is 12.1 Å². The van der Waals surface area contributed by atoms with Crippen molar-refractivity contribution in [1.82, 2.24) is 30.6 Å². The van der Waals surface area contributed by atoms with Crippen LogP contribution in [0.15, 0.2) is 40.3 Å². The summed E-state index contributed by atoms with van der Waals surface area (Å²) < 4.78 is 29.9. The van der Waals surface area contributed by atoms with Gasteiger partial charge in [-0.15, -0.1) is 5.10 Å². The standard InChI is InChI=1S/C18H25N11O3S2/c1-28-24-13-4-2-3-12(16(13)25-28)11-5-6-14(34(31,32)26-10-7-8-22-9-10)17(29(30)33-21)15(11)18(19)23-27-20/h2-6,10,22,26-27,30H,7-9,20-21H2,1H3,(H2,19,23). The number of hydrazone groups is 1. The van der Waals surface area contributed by atoms with E-state index >= 15 is 0 Å². The zero-order chi connectivity index (χ0) is 24.5. The van der Waals surface area contributed by atoms with Crippen LogP contribution in [0.1, 0.15) is 12.0 Å². The van der Waals surface area contributed by atoms with Crippen molar-refractivity contribution in [3.63, 3.8) is 0 Å². The highest BCUT2D eigenvalue weighted by Gasteiger charge is 2.31. The molecule has 1 aliphatic heterocycles. The molecule has 34 heavy (non-hydrogen) atoms. The molecule has 1 aliphatic rings. The first-order valence-corrected chi connectivity index (χ1v) is 12.4. The number of anilines is 1. The maximum atomic E-state index is 13.4. The summed E-state index contributed by atoms with van der Waals surface area (Å²) in [6.45, 7) is 1.18. The normalized spacial score (nSPS) is 16.8. The summed E-state index contributed by atoms with van der Waals surface area (Å²) in [5, 5.41) is 32.0. The number of aryl methyl sites for hydroxylation is 1. The minimum absolute atomic E-state index is 0.0870. The Morgan fingerprint density at radius 3 is 2.79 bits per heavy atom. The van der Waals surface area contributed by atoms with Crippen molar-refractivity contribution in [2.75, 3.05) is 17.6 Å². The van der Waals surface area contributed by atoms with E-state index in [2.05, 4.69) is 30.9 Å². The Kier molecular flexibility index (Phi) is 6.89. The van der Waals surface area contributed by atoms with Gasteiger partial charge in [-0.05, 0) is 30.7 Å². The molecule has 2 aromatic carbocycles. The number of aromatic nitrogens is 3. The molecule has 1 unspecified atom stereocenters. The lowest BCUT2D eigenvalue weighted by Crippen LogP contribution is -2.37. The average molecular weight is 508 g/mol. The molecule has 0 bridgehead atoms. The first kappa shape index (κ1) is 24.1. The lowest BCUT2D eigenvalue weighted by Gasteiger charge is -2.24. The smallest absolute Gasteiger partial charge is 0.243 e. The quantitative estimate of drug-likeness (QED) is 0.0647. The molecule has 1 atom stereocenters. The van der Waals surface area contributed by atoms with Gasteiger partial charge in [-0.3, -0.25) is 10.3 Å². The van der Waals surface area contributed by atoms with Gasteiger partial charge in [-0.25, -0.2) is 24.5 Å². The molecular weight excluding hydrogens is 482 g/mol. The predicted molar refractivity (Wildman–Crippen MR) is 130 cm³/mol. The second-order valence-corrected chi connectivity index (χ2v) is 9.75. The molecule has 3 aromatic rings. The van der Waals surface area contributed by atoms with Crippen molar-refractivity contribution in [2.45, 2.75) is 17.4 Å². The van der Waals surface area contributed by atoms with Gasteiger partial charge in [-0.2, -0.15) is 19.5 Å². The van der Waals surface area contributed by atoms with Crippen LogP contribution in [0.5, 0.6) is 0 Å². The summed E-state index contributed by atoms with van der Waals surface area (Å²) >= 11 is 0.402. The van der Waals surface area contributed by atoms with E-state index < -0.39 is 10.0 Å². The Morgan fingerprint density at radius 2 is 2.12 bits per heavy atom. The fourth-order valence-corrected chi connectivity index (χ4v) is 5.75. The number of hydrazine groups is 1. The third-order valence-electron chi connectivity index (χ3n) is 5.35.